The molecule has 0 aliphatic rings. The first-order valence-electron chi connectivity index (χ1n) is 3.20. The van der Waals surface area contributed by atoms with Crippen LogP contribution in [0.15, 0.2) is 6.20 Å². The van der Waals surface area contributed by atoms with Crippen LogP contribution in [0, 0.1) is 11.3 Å². The standard InChI is InChI=1S/C7H4ClF2N3/c8-4-2-13-7(12)3(1-11)5(4)6(9)10/h2,6H,(H2,12,13). The van der Waals surface area contributed by atoms with E-state index in [1.165, 1.54) is 6.07 Å². The number of hydrogen-bond acceptors (Lipinski definition) is 3. The molecule has 3 nitrogen and oxygen atoms in total. The van der Waals surface area contributed by atoms with Crippen LogP contribution in [-0.4, -0.2) is 4.98 Å². The second-order valence-corrected chi connectivity index (χ2v) is 2.60. The van der Waals surface area contributed by atoms with Gasteiger partial charge in [-0.3, -0.25) is 0 Å². The number of hydrogen-bond donors (Lipinski definition) is 1. The van der Waals surface area contributed by atoms with Gasteiger partial charge in [0.15, 0.2) is 0 Å². The molecule has 2 N–H and O–H groups in total. The third kappa shape index (κ3) is 1.68. The predicted octanol–water partition coefficient (Wildman–Crippen LogP) is 2.13. The summed E-state index contributed by atoms with van der Waals surface area (Å²) in [5.74, 6) is -0.234. The largest absolute Gasteiger partial charge is 0.383 e. The van der Waals surface area contributed by atoms with Gasteiger partial charge in [-0.05, 0) is 0 Å². The van der Waals surface area contributed by atoms with Crippen molar-refractivity contribution in [1.82, 2.24) is 4.98 Å². The minimum atomic E-state index is -2.83. The molecule has 13 heavy (non-hydrogen) atoms. The van der Waals surface area contributed by atoms with Gasteiger partial charge >= 0.3 is 0 Å². The molecule has 0 atom stereocenters. The maximum atomic E-state index is 12.3. The van der Waals surface area contributed by atoms with E-state index in [9.17, 15) is 8.78 Å². The molecular formula is C7H4ClF2N3. The van der Waals surface area contributed by atoms with E-state index in [1.54, 1.807) is 0 Å². The van der Waals surface area contributed by atoms with Gasteiger partial charge in [-0.15, -0.1) is 0 Å². The first-order valence-corrected chi connectivity index (χ1v) is 3.57. The molecule has 0 bridgehead atoms. The number of anilines is 1. The molecule has 1 heterocycles. The fraction of sp³-hybridized carbons (Fsp3) is 0.143. The Morgan fingerprint density at radius 1 is 1.62 bits per heavy atom. The Bertz CT molecular complexity index is 373. The summed E-state index contributed by atoms with van der Waals surface area (Å²) in [7, 11) is 0. The molecule has 0 aromatic carbocycles. The van der Waals surface area contributed by atoms with Crippen LogP contribution in [-0.2, 0) is 0 Å². The van der Waals surface area contributed by atoms with Gasteiger partial charge in [-0.1, -0.05) is 11.6 Å². The van der Waals surface area contributed by atoms with E-state index in [4.69, 9.17) is 22.6 Å². The van der Waals surface area contributed by atoms with Crippen molar-refractivity contribution in [3.8, 4) is 6.07 Å². The van der Waals surface area contributed by atoms with Gasteiger partial charge < -0.3 is 5.73 Å². The molecular weight excluding hydrogens is 200 g/mol. The second-order valence-electron chi connectivity index (χ2n) is 2.19. The van der Waals surface area contributed by atoms with Crippen LogP contribution < -0.4 is 5.73 Å². The number of pyridine rings is 1. The Kier molecular flexibility index (Phi) is 2.63. The van der Waals surface area contributed by atoms with Crippen LogP contribution in [0.25, 0.3) is 0 Å². The van der Waals surface area contributed by atoms with E-state index in [0.29, 0.717) is 0 Å². The van der Waals surface area contributed by atoms with Crippen LogP contribution >= 0.6 is 11.6 Å². The zero-order valence-corrected chi connectivity index (χ0v) is 7.02. The van der Waals surface area contributed by atoms with E-state index >= 15 is 0 Å². The minimum absolute atomic E-state index is 0.234. The molecule has 0 spiro atoms. The molecule has 0 aliphatic heterocycles. The molecule has 0 saturated carbocycles. The maximum absolute atomic E-state index is 12.3. The van der Waals surface area contributed by atoms with Crippen molar-refractivity contribution in [1.29, 1.82) is 5.26 Å². The van der Waals surface area contributed by atoms with Crippen molar-refractivity contribution in [3.05, 3.63) is 22.3 Å². The number of aromatic nitrogens is 1. The van der Waals surface area contributed by atoms with Crippen LogP contribution in [0.3, 0.4) is 0 Å². The van der Waals surface area contributed by atoms with Crippen molar-refractivity contribution in [2.24, 2.45) is 0 Å². The van der Waals surface area contributed by atoms with Crippen molar-refractivity contribution in [3.63, 3.8) is 0 Å². The van der Waals surface area contributed by atoms with Gasteiger partial charge in [0.05, 0.1) is 10.6 Å². The second kappa shape index (κ2) is 3.54. The van der Waals surface area contributed by atoms with Crippen LogP contribution in [0.4, 0.5) is 14.6 Å². The zero-order chi connectivity index (χ0) is 10.0. The number of halogens is 3. The lowest BCUT2D eigenvalue weighted by atomic mass is 10.1. The fourth-order valence-corrected chi connectivity index (χ4v) is 1.07. The summed E-state index contributed by atoms with van der Waals surface area (Å²) in [6, 6.07) is 1.53. The van der Waals surface area contributed by atoms with Gasteiger partial charge in [0, 0.05) is 6.20 Å². The lowest BCUT2D eigenvalue weighted by Crippen LogP contribution is -2.00. The molecule has 6 heteroatoms. The summed E-state index contributed by atoms with van der Waals surface area (Å²) < 4.78 is 24.7. The summed E-state index contributed by atoms with van der Waals surface area (Å²) in [5, 5.41) is 8.26. The molecule has 0 fully saturated rings. The molecule has 0 radical (unpaired) electrons. The van der Waals surface area contributed by atoms with E-state index in [1.807, 2.05) is 0 Å². The number of nitrogen functional groups attached to an aromatic ring is 1. The van der Waals surface area contributed by atoms with Gasteiger partial charge in [-0.2, -0.15) is 5.26 Å². The van der Waals surface area contributed by atoms with Gasteiger partial charge in [0.2, 0.25) is 0 Å². The van der Waals surface area contributed by atoms with Gasteiger partial charge in [-0.25, -0.2) is 13.8 Å². The van der Waals surface area contributed by atoms with E-state index in [2.05, 4.69) is 4.98 Å². The molecule has 68 valence electrons. The highest BCUT2D eigenvalue weighted by atomic mass is 35.5. The van der Waals surface area contributed by atoms with E-state index in [0.717, 1.165) is 6.20 Å². The molecule has 0 unspecified atom stereocenters. The lowest BCUT2D eigenvalue weighted by Gasteiger charge is -2.05. The topological polar surface area (TPSA) is 62.7 Å². The maximum Gasteiger partial charge on any atom is 0.266 e. The number of nitrogens with two attached hydrogens (primary N) is 1. The quantitative estimate of drug-likeness (QED) is 0.761. The molecule has 0 saturated heterocycles. The third-order valence-electron chi connectivity index (χ3n) is 1.43. The summed E-state index contributed by atoms with van der Waals surface area (Å²) in [5.41, 5.74) is 4.30. The van der Waals surface area contributed by atoms with E-state index in [-0.39, 0.29) is 16.4 Å². The smallest absolute Gasteiger partial charge is 0.266 e. The van der Waals surface area contributed by atoms with Crippen LogP contribution in [0.1, 0.15) is 17.6 Å². The highest BCUT2D eigenvalue weighted by Crippen LogP contribution is 2.31. The fourth-order valence-electron chi connectivity index (χ4n) is 0.849. The van der Waals surface area contributed by atoms with Gasteiger partial charge in [0.1, 0.15) is 17.5 Å². The normalized spacial score (nSPS) is 10.1. The molecule has 1 rings (SSSR count). The van der Waals surface area contributed by atoms with Crippen molar-refractivity contribution in [2.45, 2.75) is 6.43 Å². The SMILES string of the molecule is N#Cc1c(N)ncc(Cl)c1C(F)F. The monoisotopic (exact) mass is 203 g/mol. The minimum Gasteiger partial charge on any atom is -0.383 e. The summed E-state index contributed by atoms with van der Waals surface area (Å²) in [4.78, 5) is 3.48. The summed E-state index contributed by atoms with van der Waals surface area (Å²) in [6.45, 7) is 0. The summed E-state index contributed by atoms with van der Waals surface area (Å²) >= 11 is 5.43. The van der Waals surface area contributed by atoms with Gasteiger partial charge in [0.25, 0.3) is 6.43 Å². The van der Waals surface area contributed by atoms with Crippen LogP contribution in [0.5, 0.6) is 0 Å². The molecule has 1 aromatic rings. The average molecular weight is 204 g/mol. The first-order chi connectivity index (χ1) is 6.07. The van der Waals surface area contributed by atoms with E-state index < -0.39 is 12.0 Å². The predicted molar refractivity (Wildman–Crippen MR) is 43.3 cm³/mol. The molecule has 1 aromatic heterocycles. The Hall–Kier alpha value is -1.41. The highest BCUT2D eigenvalue weighted by molar-refractivity contribution is 6.31. The number of nitrogens with zero attached hydrogens (tertiary/aromatic N) is 2. The van der Waals surface area contributed by atoms with Crippen molar-refractivity contribution < 1.29 is 8.78 Å². The van der Waals surface area contributed by atoms with Crippen molar-refractivity contribution >= 4 is 17.4 Å². The lowest BCUT2D eigenvalue weighted by molar-refractivity contribution is 0.151. The number of nitriles is 1. The van der Waals surface area contributed by atoms with Crippen molar-refractivity contribution in [2.75, 3.05) is 5.73 Å². The number of alkyl halides is 2. The molecule has 0 aliphatic carbocycles. The Morgan fingerprint density at radius 3 is 2.62 bits per heavy atom. The van der Waals surface area contributed by atoms with Crippen LogP contribution in [0.2, 0.25) is 5.02 Å². The first kappa shape index (κ1) is 9.68. The number of rotatable bonds is 1. The Balaban J connectivity index is 3.46. The molecule has 0 amide bonds. The highest BCUT2D eigenvalue weighted by Gasteiger charge is 2.19. The summed E-state index contributed by atoms with van der Waals surface area (Å²) in [6.07, 6.45) is -1.83. The third-order valence-corrected chi connectivity index (χ3v) is 1.73. The Labute approximate surface area is 77.7 Å². The average Bonchev–Trinajstić information content (AvgIpc) is 2.07. The zero-order valence-electron chi connectivity index (χ0n) is 6.26. The Morgan fingerprint density at radius 2 is 2.23 bits per heavy atom.